The van der Waals surface area contributed by atoms with E-state index in [2.05, 4.69) is 10.3 Å². The number of rotatable bonds is 5. The summed E-state index contributed by atoms with van der Waals surface area (Å²) in [5.41, 5.74) is 10.3. The minimum Gasteiger partial charge on any atom is -0.370 e. The Labute approximate surface area is 94.8 Å². The third-order valence-electron chi connectivity index (χ3n) is 2.45. The summed E-state index contributed by atoms with van der Waals surface area (Å²) in [6.45, 7) is 3.66. The van der Waals surface area contributed by atoms with Gasteiger partial charge in [-0.05, 0) is 6.42 Å². The van der Waals surface area contributed by atoms with Crippen LogP contribution < -0.4 is 16.8 Å². The highest BCUT2D eigenvalue weighted by molar-refractivity contribution is 5.75. The summed E-state index contributed by atoms with van der Waals surface area (Å²) in [6, 6.07) is 0.295. The molecule has 1 amide bonds. The topological polar surface area (TPSA) is 106 Å². The fourth-order valence-electron chi connectivity index (χ4n) is 1.56. The summed E-state index contributed by atoms with van der Waals surface area (Å²) in [7, 11) is 0. The number of hydrogen-bond acceptors (Lipinski definition) is 4. The van der Waals surface area contributed by atoms with Crippen molar-refractivity contribution < 1.29 is 9.53 Å². The second-order valence-electron chi connectivity index (χ2n) is 3.72. The van der Waals surface area contributed by atoms with E-state index >= 15 is 0 Å². The van der Waals surface area contributed by atoms with E-state index in [1.54, 1.807) is 6.92 Å². The van der Waals surface area contributed by atoms with Gasteiger partial charge in [0.15, 0.2) is 5.96 Å². The first-order chi connectivity index (χ1) is 7.59. The predicted octanol–water partition coefficient (Wildman–Crippen LogP) is -1.60. The molecule has 16 heavy (non-hydrogen) atoms. The molecule has 1 heterocycles. The summed E-state index contributed by atoms with van der Waals surface area (Å²) in [6.07, 6.45) is 0.950. The molecule has 1 rings (SSSR count). The van der Waals surface area contributed by atoms with E-state index in [0.717, 1.165) is 19.5 Å². The first-order valence-corrected chi connectivity index (χ1v) is 5.21. The van der Waals surface area contributed by atoms with Crippen molar-refractivity contribution in [1.29, 1.82) is 0 Å². The zero-order valence-electron chi connectivity index (χ0n) is 9.48. The zero-order chi connectivity index (χ0) is 12.0. The van der Waals surface area contributed by atoms with Crippen molar-refractivity contribution in [2.45, 2.75) is 19.4 Å². The Kier molecular flexibility index (Phi) is 5.00. The minimum absolute atomic E-state index is 0.0172. The van der Waals surface area contributed by atoms with Gasteiger partial charge in [0.2, 0.25) is 5.91 Å². The number of amides is 1. The van der Waals surface area contributed by atoms with Crippen LogP contribution >= 0.6 is 0 Å². The van der Waals surface area contributed by atoms with E-state index in [1.165, 1.54) is 0 Å². The van der Waals surface area contributed by atoms with E-state index in [1.807, 2.05) is 4.90 Å². The van der Waals surface area contributed by atoms with Crippen LogP contribution in [0.3, 0.4) is 0 Å². The molecule has 7 heteroatoms. The van der Waals surface area contributed by atoms with Gasteiger partial charge in [-0.2, -0.15) is 0 Å². The maximum Gasteiger partial charge on any atom is 0.219 e. The highest BCUT2D eigenvalue weighted by Crippen LogP contribution is 2.08. The zero-order valence-corrected chi connectivity index (χ0v) is 9.48. The third-order valence-corrected chi connectivity index (χ3v) is 2.45. The van der Waals surface area contributed by atoms with Crippen LogP contribution in [0.15, 0.2) is 4.99 Å². The highest BCUT2D eigenvalue weighted by Gasteiger charge is 2.23. The summed E-state index contributed by atoms with van der Waals surface area (Å²) in [5.74, 6) is 0.134. The molecule has 0 aromatic rings. The molecule has 0 aliphatic carbocycles. The molecule has 1 atom stereocenters. The van der Waals surface area contributed by atoms with Crippen LogP contribution in [-0.4, -0.2) is 49.4 Å². The van der Waals surface area contributed by atoms with Crippen molar-refractivity contribution in [2.24, 2.45) is 16.5 Å². The lowest BCUT2D eigenvalue weighted by Crippen LogP contribution is -2.35. The van der Waals surface area contributed by atoms with Gasteiger partial charge in [0.05, 0.1) is 6.73 Å². The summed E-state index contributed by atoms with van der Waals surface area (Å²) >= 11 is 0. The number of nitrogens with two attached hydrogens (primary N) is 2. The molecule has 7 nitrogen and oxygen atoms in total. The largest absolute Gasteiger partial charge is 0.370 e. The fraction of sp³-hybridized carbons (Fsp3) is 0.778. The van der Waals surface area contributed by atoms with Crippen LogP contribution in [0, 0.1) is 0 Å². The molecule has 0 saturated carbocycles. The number of aliphatic imine (C=N–C) groups is 1. The third kappa shape index (κ3) is 4.45. The Morgan fingerprint density at radius 2 is 2.38 bits per heavy atom. The van der Waals surface area contributed by atoms with Gasteiger partial charge >= 0.3 is 0 Å². The number of nitrogens with zero attached hydrogens (tertiary/aromatic N) is 2. The molecule has 0 aromatic carbocycles. The lowest BCUT2D eigenvalue weighted by Gasteiger charge is -2.14. The van der Waals surface area contributed by atoms with Gasteiger partial charge in [-0.25, -0.2) is 4.99 Å². The van der Waals surface area contributed by atoms with Gasteiger partial charge in [0.1, 0.15) is 6.73 Å². The normalized spacial score (nSPS) is 19.8. The molecule has 1 aliphatic rings. The molecule has 0 unspecified atom stereocenters. The number of ether oxygens (including phenoxy) is 1. The maximum atomic E-state index is 11.1. The van der Waals surface area contributed by atoms with Gasteiger partial charge in [-0.3, -0.25) is 10.1 Å². The lowest BCUT2D eigenvalue weighted by molar-refractivity contribution is -0.127. The van der Waals surface area contributed by atoms with E-state index in [9.17, 15) is 4.79 Å². The lowest BCUT2D eigenvalue weighted by atomic mass is 10.3. The van der Waals surface area contributed by atoms with E-state index in [0.29, 0.717) is 12.8 Å². The molecule has 1 fully saturated rings. The molecule has 92 valence electrons. The Balaban J connectivity index is 2.07. The smallest absolute Gasteiger partial charge is 0.219 e. The number of nitrogens with one attached hydrogen (secondary N) is 1. The summed E-state index contributed by atoms with van der Waals surface area (Å²) in [4.78, 5) is 16.6. The van der Waals surface area contributed by atoms with E-state index < -0.39 is 0 Å². The van der Waals surface area contributed by atoms with Crippen molar-refractivity contribution >= 4 is 11.9 Å². The number of carbonyl (C=O) groups excluding carboxylic acids is 1. The molecule has 0 aromatic heterocycles. The van der Waals surface area contributed by atoms with Crippen LogP contribution in [0.25, 0.3) is 0 Å². The van der Waals surface area contributed by atoms with Crippen molar-refractivity contribution in [3.05, 3.63) is 0 Å². The van der Waals surface area contributed by atoms with Gasteiger partial charge in [0, 0.05) is 26.1 Å². The second kappa shape index (κ2) is 6.29. The Morgan fingerprint density at radius 3 is 2.94 bits per heavy atom. The molecular formula is C9H19N5O2. The first kappa shape index (κ1) is 12.7. The van der Waals surface area contributed by atoms with Gasteiger partial charge in [-0.15, -0.1) is 0 Å². The number of hydrogen-bond donors (Lipinski definition) is 3. The van der Waals surface area contributed by atoms with E-state index in [-0.39, 0.29) is 18.6 Å². The maximum absolute atomic E-state index is 11.1. The average Bonchev–Trinajstić information content (AvgIpc) is 2.65. The summed E-state index contributed by atoms with van der Waals surface area (Å²) < 4.78 is 5.14. The average molecular weight is 229 g/mol. The first-order valence-electron chi connectivity index (χ1n) is 5.21. The summed E-state index contributed by atoms with van der Waals surface area (Å²) in [5, 5.41) is 3.17. The molecule has 0 radical (unpaired) electrons. The minimum atomic E-state index is 0.0172. The molecule has 0 bridgehead atoms. The second-order valence-corrected chi connectivity index (χ2v) is 3.72. The Bertz CT molecular complexity index is 265. The molecule has 5 N–H and O–H groups in total. The van der Waals surface area contributed by atoms with E-state index in [4.69, 9.17) is 16.2 Å². The standard InChI is InChI=1S/C9H19N5O2/c1-7(15)14-3-2-8(4-14)12-5-16-6-13-9(10)11/h8,12H,2-6H2,1H3,(H4,10,11,13)/t8-/m0/s1. The highest BCUT2D eigenvalue weighted by atomic mass is 16.5. The number of likely N-dealkylation sites (tertiary alicyclic amines) is 1. The van der Waals surface area contributed by atoms with Crippen molar-refractivity contribution in [2.75, 3.05) is 26.6 Å². The molecule has 1 aliphatic heterocycles. The predicted molar refractivity (Wildman–Crippen MR) is 60.4 cm³/mol. The molecular weight excluding hydrogens is 210 g/mol. The van der Waals surface area contributed by atoms with Crippen molar-refractivity contribution in [1.82, 2.24) is 10.2 Å². The molecule has 0 spiro atoms. The monoisotopic (exact) mass is 229 g/mol. The van der Waals surface area contributed by atoms with Gasteiger partial charge in [0.25, 0.3) is 0 Å². The van der Waals surface area contributed by atoms with Crippen LogP contribution in [-0.2, 0) is 9.53 Å². The van der Waals surface area contributed by atoms with Crippen molar-refractivity contribution in [3.8, 4) is 0 Å². The molecule has 1 saturated heterocycles. The number of carbonyl (C=O) groups is 1. The van der Waals surface area contributed by atoms with Gasteiger partial charge in [-0.1, -0.05) is 0 Å². The van der Waals surface area contributed by atoms with Crippen molar-refractivity contribution in [3.63, 3.8) is 0 Å². The van der Waals surface area contributed by atoms with Crippen LogP contribution in [0.4, 0.5) is 0 Å². The number of guanidine groups is 1. The SMILES string of the molecule is CC(=O)N1CC[C@H](NCOCN=C(N)N)C1. The quantitative estimate of drug-likeness (QED) is 0.228. The van der Waals surface area contributed by atoms with Crippen LogP contribution in [0.5, 0.6) is 0 Å². The van der Waals surface area contributed by atoms with Gasteiger partial charge < -0.3 is 21.1 Å². The van der Waals surface area contributed by atoms with Crippen LogP contribution in [0.1, 0.15) is 13.3 Å². The fourth-order valence-corrected chi connectivity index (χ4v) is 1.56. The Morgan fingerprint density at radius 1 is 1.62 bits per heavy atom. The van der Waals surface area contributed by atoms with Crippen LogP contribution in [0.2, 0.25) is 0 Å². The Hall–Kier alpha value is -1.34.